The lowest BCUT2D eigenvalue weighted by molar-refractivity contribution is -0.127. The summed E-state index contributed by atoms with van der Waals surface area (Å²) in [6, 6.07) is 6.14. The van der Waals surface area contributed by atoms with Crippen LogP contribution in [0.15, 0.2) is 24.3 Å². The fraction of sp³-hybridized carbons (Fsp3) is 0.500. The summed E-state index contributed by atoms with van der Waals surface area (Å²) in [5, 5.41) is 6.14. The summed E-state index contributed by atoms with van der Waals surface area (Å²) in [6.45, 7) is 3.27. The van der Waals surface area contributed by atoms with Gasteiger partial charge in [0.25, 0.3) is 5.91 Å². The zero-order valence-electron chi connectivity index (χ0n) is 11.4. The molecule has 1 heterocycles. The average Bonchev–Trinajstić information content (AvgIpc) is 2.89. The molecule has 0 bridgehead atoms. The van der Waals surface area contributed by atoms with Crippen molar-refractivity contribution in [2.24, 2.45) is 0 Å². The van der Waals surface area contributed by atoms with Gasteiger partial charge in [0.1, 0.15) is 11.6 Å². The van der Waals surface area contributed by atoms with Gasteiger partial charge in [-0.2, -0.15) is 0 Å². The third-order valence-corrected chi connectivity index (χ3v) is 3.16. The molecule has 6 heteroatoms. The number of benzene rings is 1. The van der Waals surface area contributed by atoms with E-state index >= 15 is 0 Å². The molecule has 0 aliphatic carbocycles. The normalized spacial score (nSPS) is 19.0. The van der Waals surface area contributed by atoms with Gasteiger partial charge in [-0.1, -0.05) is 6.07 Å². The van der Waals surface area contributed by atoms with E-state index in [0.29, 0.717) is 18.3 Å². The highest BCUT2D eigenvalue weighted by molar-refractivity contribution is 5.85. The highest BCUT2D eigenvalue weighted by atomic mass is 35.5. The molecule has 1 saturated heterocycles. The van der Waals surface area contributed by atoms with E-state index in [1.54, 1.807) is 19.1 Å². The van der Waals surface area contributed by atoms with Gasteiger partial charge in [-0.15, -0.1) is 12.4 Å². The van der Waals surface area contributed by atoms with Crippen LogP contribution >= 0.6 is 12.4 Å². The number of amides is 1. The maximum absolute atomic E-state index is 13.0. The van der Waals surface area contributed by atoms with Crippen molar-refractivity contribution in [2.75, 3.05) is 13.1 Å². The van der Waals surface area contributed by atoms with E-state index in [-0.39, 0.29) is 24.1 Å². The van der Waals surface area contributed by atoms with Gasteiger partial charge in [-0.25, -0.2) is 4.39 Å². The Balaban J connectivity index is 0.00000200. The summed E-state index contributed by atoms with van der Waals surface area (Å²) in [5.41, 5.74) is 0. The Bertz CT molecular complexity index is 439. The van der Waals surface area contributed by atoms with Crippen molar-refractivity contribution < 1.29 is 13.9 Å². The second kappa shape index (κ2) is 8.07. The lowest BCUT2D eigenvalue weighted by atomic mass is 10.2. The van der Waals surface area contributed by atoms with Crippen LogP contribution < -0.4 is 15.4 Å². The summed E-state index contributed by atoms with van der Waals surface area (Å²) in [4.78, 5) is 11.8. The highest BCUT2D eigenvalue weighted by Gasteiger charge is 2.18. The van der Waals surface area contributed by atoms with Gasteiger partial charge in [0.2, 0.25) is 0 Å². The minimum atomic E-state index is -0.636. The highest BCUT2D eigenvalue weighted by Crippen LogP contribution is 2.13. The van der Waals surface area contributed by atoms with Crippen LogP contribution in [-0.2, 0) is 4.79 Å². The molecular formula is C14H20ClFN2O2. The van der Waals surface area contributed by atoms with E-state index in [0.717, 1.165) is 19.4 Å². The Morgan fingerprint density at radius 3 is 3.05 bits per heavy atom. The van der Waals surface area contributed by atoms with Gasteiger partial charge >= 0.3 is 0 Å². The van der Waals surface area contributed by atoms with Gasteiger partial charge < -0.3 is 15.4 Å². The number of ether oxygens (including phenoxy) is 1. The van der Waals surface area contributed by atoms with Gasteiger partial charge in [-0.05, 0) is 38.4 Å². The summed E-state index contributed by atoms with van der Waals surface area (Å²) in [6.07, 6.45) is 1.60. The predicted octanol–water partition coefficient (Wildman–Crippen LogP) is 1.88. The smallest absolute Gasteiger partial charge is 0.260 e. The molecular weight excluding hydrogens is 283 g/mol. The molecule has 1 amide bonds. The first-order chi connectivity index (χ1) is 9.15. The summed E-state index contributed by atoms with van der Waals surface area (Å²) < 4.78 is 18.4. The molecule has 0 aromatic heterocycles. The molecule has 2 unspecified atom stereocenters. The molecule has 0 saturated carbocycles. The number of nitrogens with one attached hydrogen (secondary N) is 2. The number of hydrogen-bond donors (Lipinski definition) is 2. The predicted molar refractivity (Wildman–Crippen MR) is 77.8 cm³/mol. The molecule has 1 aliphatic rings. The van der Waals surface area contributed by atoms with Crippen molar-refractivity contribution in [2.45, 2.75) is 31.9 Å². The van der Waals surface area contributed by atoms with Gasteiger partial charge in [-0.3, -0.25) is 4.79 Å². The molecule has 2 rings (SSSR count). The van der Waals surface area contributed by atoms with Gasteiger partial charge in [0.15, 0.2) is 6.10 Å². The van der Waals surface area contributed by atoms with Crippen molar-refractivity contribution in [3.8, 4) is 5.75 Å². The van der Waals surface area contributed by atoms with Crippen LogP contribution in [0, 0.1) is 5.82 Å². The van der Waals surface area contributed by atoms with Gasteiger partial charge in [0, 0.05) is 18.7 Å². The molecule has 1 aromatic rings. The number of rotatable bonds is 5. The maximum atomic E-state index is 13.0. The van der Waals surface area contributed by atoms with E-state index in [1.165, 1.54) is 12.1 Å². The molecule has 20 heavy (non-hydrogen) atoms. The molecule has 0 spiro atoms. The van der Waals surface area contributed by atoms with E-state index in [2.05, 4.69) is 10.6 Å². The van der Waals surface area contributed by atoms with E-state index < -0.39 is 6.10 Å². The Morgan fingerprint density at radius 2 is 2.40 bits per heavy atom. The Kier molecular flexibility index (Phi) is 6.75. The second-order valence-corrected chi connectivity index (χ2v) is 4.76. The van der Waals surface area contributed by atoms with Crippen LogP contribution in [0.2, 0.25) is 0 Å². The standard InChI is InChI=1S/C14H19FN2O2.ClH/c1-10(19-13-6-2-4-11(15)8-13)14(18)17-9-12-5-3-7-16-12;/h2,4,6,8,10,12,16H,3,5,7,9H2,1H3,(H,17,18);1H. The van der Waals surface area contributed by atoms with Crippen LogP contribution in [0.25, 0.3) is 0 Å². The monoisotopic (exact) mass is 302 g/mol. The fourth-order valence-electron chi connectivity index (χ4n) is 2.10. The van der Waals surface area contributed by atoms with Crippen LogP contribution in [-0.4, -0.2) is 31.1 Å². The zero-order valence-corrected chi connectivity index (χ0v) is 12.2. The number of carbonyl (C=O) groups excluding carboxylic acids is 1. The second-order valence-electron chi connectivity index (χ2n) is 4.76. The lowest BCUT2D eigenvalue weighted by Crippen LogP contribution is -2.42. The minimum absolute atomic E-state index is 0. The van der Waals surface area contributed by atoms with Crippen molar-refractivity contribution in [3.05, 3.63) is 30.1 Å². The summed E-state index contributed by atoms with van der Waals surface area (Å²) >= 11 is 0. The van der Waals surface area contributed by atoms with Crippen LogP contribution in [0.1, 0.15) is 19.8 Å². The molecule has 112 valence electrons. The first kappa shape index (κ1) is 16.7. The van der Waals surface area contributed by atoms with Crippen molar-refractivity contribution in [3.63, 3.8) is 0 Å². The first-order valence-electron chi connectivity index (χ1n) is 6.58. The third-order valence-electron chi connectivity index (χ3n) is 3.16. The SMILES string of the molecule is CC(Oc1cccc(F)c1)C(=O)NCC1CCCN1.Cl. The Morgan fingerprint density at radius 1 is 1.60 bits per heavy atom. The largest absolute Gasteiger partial charge is 0.481 e. The molecule has 4 nitrogen and oxygen atoms in total. The number of carbonyl (C=O) groups is 1. The number of halogens is 2. The first-order valence-corrected chi connectivity index (χ1v) is 6.58. The van der Waals surface area contributed by atoms with Crippen LogP contribution in [0.3, 0.4) is 0 Å². The summed E-state index contributed by atoms with van der Waals surface area (Å²) in [5.74, 6) is -0.195. The van der Waals surface area contributed by atoms with Crippen molar-refractivity contribution in [1.82, 2.24) is 10.6 Å². The van der Waals surface area contributed by atoms with Crippen LogP contribution in [0.5, 0.6) is 5.75 Å². The molecule has 1 aliphatic heterocycles. The van der Waals surface area contributed by atoms with E-state index in [4.69, 9.17) is 4.74 Å². The average molecular weight is 303 g/mol. The molecule has 0 radical (unpaired) electrons. The Hall–Kier alpha value is -1.33. The molecule has 2 atom stereocenters. The molecule has 1 aromatic carbocycles. The lowest BCUT2D eigenvalue weighted by Gasteiger charge is -2.16. The van der Waals surface area contributed by atoms with Crippen LogP contribution in [0.4, 0.5) is 4.39 Å². The Labute approximate surface area is 124 Å². The summed E-state index contributed by atoms with van der Waals surface area (Å²) in [7, 11) is 0. The van der Waals surface area contributed by atoms with E-state index in [9.17, 15) is 9.18 Å². The van der Waals surface area contributed by atoms with Gasteiger partial charge in [0.05, 0.1) is 0 Å². The molecule has 1 fully saturated rings. The fourth-order valence-corrected chi connectivity index (χ4v) is 2.10. The quantitative estimate of drug-likeness (QED) is 0.873. The topological polar surface area (TPSA) is 50.4 Å². The van der Waals surface area contributed by atoms with Crippen molar-refractivity contribution in [1.29, 1.82) is 0 Å². The van der Waals surface area contributed by atoms with Crippen molar-refractivity contribution >= 4 is 18.3 Å². The minimum Gasteiger partial charge on any atom is -0.481 e. The van der Waals surface area contributed by atoms with E-state index in [1.807, 2.05) is 0 Å². The molecule has 2 N–H and O–H groups in total. The zero-order chi connectivity index (χ0) is 13.7. The maximum Gasteiger partial charge on any atom is 0.260 e. The third kappa shape index (κ3) is 4.98. The number of hydrogen-bond acceptors (Lipinski definition) is 3.